The number of carbonyl (C=O) groups is 1. The van der Waals surface area contributed by atoms with Crippen LogP contribution < -0.4 is 0 Å². The van der Waals surface area contributed by atoms with Gasteiger partial charge in [-0.15, -0.1) is 0 Å². The van der Waals surface area contributed by atoms with Gasteiger partial charge < -0.3 is 14.9 Å². The molecule has 0 heterocycles. The molecule has 0 aromatic rings. The van der Waals surface area contributed by atoms with Gasteiger partial charge in [-0.05, 0) is 104 Å². The fourth-order valence-electron chi connectivity index (χ4n) is 8.82. The van der Waals surface area contributed by atoms with Crippen molar-refractivity contribution in [2.45, 2.75) is 97.2 Å². The number of ether oxygens (including phenoxy) is 1. The van der Waals surface area contributed by atoms with E-state index >= 15 is 0 Å². The number of esters is 1. The number of aliphatic hydroxyl groups excluding tert-OH is 2. The van der Waals surface area contributed by atoms with E-state index in [9.17, 15) is 15.0 Å². The predicted molar refractivity (Wildman–Crippen MR) is 113 cm³/mol. The van der Waals surface area contributed by atoms with Crippen molar-refractivity contribution in [3.05, 3.63) is 0 Å². The van der Waals surface area contributed by atoms with E-state index in [1.165, 1.54) is 32.8 Å². The molecule has 166 valence electrons. The quantitative estimate of drug-likeness (QED) is 0.671. The second-order valence-corrected chi connectivity index (χ2v) is 11.5. The molecule has 4 aliphatic carbocycles. The number of aliphatic hydroxyl groups is 2. The summed E-state index contributed by atoms with van der Waals surface area (Å²) in [6, 6.07) is 0. The van der Waals surface area contributed by atoms with Crippen LogP contribution in [0.4, 0.5) is 0 Å². The van der Waals surface area contributed by atoms with Gasteiger partial charge in [-0.2, -0.15) is 0 Å². The highest BCUT2D eigenvalue weighted by Gasteiger charge is 2.62. The normalized spacial score (nSPS) is 50.2. The molecule has 29 heavy (non-hydrogen) atoms. The molecule has 0 bridgehead atoms. The van der Waals surface area contributed by atoms with Gasteiger partial charge in [0.25, 0.3) is 0 Å². The van der Waals surface area contributed by atoms with E-state index in [0.717, 1.165) is 32.1 Å². The third-order valence-corrected chi connectivity index (χ3v) is 10.4. The van der Waals surface area contributed by atoms with Crippen molar-refractivity contribution in [1.29, 1.82) is 0 Å². The van der Waals surface area contributed by atoms with Gasteiger partial charge in [-0.1, -0.05) is 20.8 Å². The molecule has 4 fully saturated rings. The fourth-order valence-corrected chi connectivity index (χ4v) is 8.82. The maximum atomic E-state index is 11.6. The summed E-state index contributed by atoms with van der Waals surface area (Å²) >= 11 is 0. The lowest BCUT2D eigenvalue weighted by molar-refractivity contribution is -0.174. The maximum absolute atomic E-state index is 11.6. The Balaban J connectivity index is 1.53. The van der Waals surface area contributed by atoms with Crippen molar-refractivity contribution in [1.82, 2.24) is 0 Å². The van der Waals surface area contributed by atoms with Crippen LogP contribution in [0.25, 0.3) is 0 Å². The Kier molecular flexibility index (Phi) is 5.83. The summed E-state index contributed by atoms with van der Waals surface area (Å²) in [7, 11) is 1.48. The minimum absolute atomic E-state index is 0.0959. The van der Waals surface area contributed by atoms with Gasteiger partial charge in [0, 0.05) is 6.42 Å². The summed E-state index contributed by atoms with van der Waals surface area (Å²) in [5.41, 5.74) is 0.577. The molecule has 4 saturated carbocycles. The van der Waals surface area contributed by atoms with E-state index in [1.54, 1.807) is 0 Å². The Bertz CT molecular complexity index is 620. The molecule has 0 radical (unpaired) electrons. The van der Waals surface area contributed by atoms with E-state index < -0.39 is 0 Å². The van der Waals surface area contributed by atoms with Gasteiger partial charge in [0.1, 0.15) is 0 Å². The molecule has 0 aromatic carbocycles. The van der Waals surface area contributed by atoms with E-state index in [2.05, 4.69) is 20.8 Å². The van der Waals surface area contributed by atoms with Crippen molar-refractivity contribution in [2.75, 3.05) is 7.11 Å². The fraction of sp³-hybridized carbons (Fsp3) is 0.960. The summed E-state index contributed by atoms with van der Waals surface area (Å²) in [6.45, 7) is 7.29. The Morgan fingerprint density at radius 3 is 2.45 bits per heavy atom. The highest BCUT2D eigenvalue weighted by Crippen LogP contribution is 2.68. The summed E-state index contributed by atoms with van der Waals surface area (Å²) < 4.78 is 4.86. The van der Waals surface area contributed by atoms with Crippen molar-refractivity contribution < 1.29 is 19.7 Å². The number of carbonyl (C=O) groups excluding carboxylic acids is 1. The molecule has 4 aliphatic rings. The first-order chi connectivity index (χ1) is 13.7. The largest absolute Gasteiger partial charge is 0.469 e. The average Bonchev–Trinajstić information content (AvgIpc) is 3.04. The lowest BCUT2D eigenvalue weighted by Crippen LogP contribution is -2.58. The Morgan fingerprint density at radius 1 is 1.03 bits per heavy atom. The molecule has 1 unspecified atom stereocenters. The summed E-state index contributed by atoms with van der Waals surface area (Å²) in [6.07, 6.45) is 9.80. The Labute approximate surface area is 176 Å². The van der Waals surface area contributed by atoms with Crippen LogP contribution in [0, 0.1) is 46.3 Å². The van der Waals surface area contributed by atoms with Gasteiger partial charge in [0.2, 0.25) is 0 Å². The molecule has 10 atom stereocenters. The Hall–Kier alpha value is -0.610. The van der Waals surface area contributed by atoms with Crippen molar-refractivity contribution >= 4 is 5.97 Å². The highest BCUT2D eigenvalue weighted by atomic mass is 16.5. The van der Waals surface area contributed by atoms with Crippen LogP contribution in [0.3, 0.4) is 0 Å². The van der Waals surface area contributed by atoms with Gasteiger partial charge in [0.05, 0.1) is 19.3 Å². The lowest BCUT2D eigenvalue weighted by Gasteiger charge is -2.62. The lowest BCUT2D eigenvalue weighted by atomic mass is 9.43. The van der Waals surface area contributed by atoms with Crippen molar-refractivity contribution in [3.8, 4) is 0 Å². The highest BCUT2D eigenvalue weighted by molar-refractivity contribution is 5.69. The zero-order chi connectivity index (χ0) is 21.0. The summed E-state index contributed by atoms with van der Waals surface area (Å²) in [5.74, 6) is 3.17. The zero-order valence-electron chi connectivity index (χ0n) is 18.9. The monoisotopic (exact) mass is 406 g/mol. The van der Waals surface area contributed by atoms with Crippen LogP contribution in [0.5, 0.6) is 0 Å². The van der Waals surface area contributed by atoms with E-state index in [1.807, 2.05) is 0 Å². The summed E-state index contributed by atoms with van der Waals surface area (Å²) in [4.78, 5) is 11.6. The van der Waals surface area contributed by atoms with E-state index in [0.29, 0.717) is 47.3 Å². The first-order valence-electron chi connectivity index (χ1n) is 12.1. The number of rotatable bonds is 4. The van der Waals surface area contributed by atoms with Crippen LogP contribution in [-0.4, -0.2) is 35.5 Å². The number of fused-ring (bicyclic) bond motifs is 5. The van der Waals surface area contributed by atoms with Crippen LogP contribution in [0.2, 0.25) is 0 Å². The molecule has 0 spiro atoms. The number of hydrogen-bond donors (Lipinski definition) is 2. The van der Waals surface area contributed by atoms with Crippen LogP contribution >= 0.6 is 0 Å². The molecule has 0 aliphatic heterocycles. The second kappa shape index (κ2) is 7.82. The first kappa shape index (κ1) is 21.6. The molecule has 0 amide bonds. The molecular formula is C25H42O4. The molecular weight excluding hydrogens is 364 g/mol. The molecule has 2 N–H and O–H groups in total. The molecule has 0 saturated heterocycles. The summed E-state index contributed by atoms with van der Waals surface area (Å²) in [5, 5.41) is 21.5. The zero-order valence-corrected chi connectivity index (χ0v) is 18.9. The minimum Gasteiger partial charge on any atom is -0.469 e. The van der Waals surface area contributed by atoms with Crippen LogP contribution in [-0.2, 0) is 9.53 Å². The minimum atomic E-state index is -0.211. The Morgan fingerprint density at radius 2 is 1.72 bits per heavy atom. The third kappa shape index (κ3) is 3.46. The van der Waals surface area contributed by atoms with Crippen LogP contribution in [0.15, 0.2) is 0 Å². The van der Waals surface area contributed by atoms with Crippen molar-refractivity contribution in [3.63, 3.8) is 0 Å². The topological polar surface area (TPSA) is 66.8 Å². The molecule has 4 rings (SSSR count). The molecule has 0 aromatic heterocycles. The number of hydrogen-bond acceptors (Lipinski definition) is 4. The molecule has 4 nitrogen and oxygen atoms in total. The van der Waals surface area contributed by atoms with Gasteiger partial charge in [-0.25, -0.2) is 0 Å². The van der Waals surface area contributed by atoms with Gasteiger partial charge >= 0.3 is 5.97 Å². The number of methoxy groups -OCH3 is 1. The maximum Gasteiger partial charge on any atom is 0.305 e. The smallest absolute Gasteiger partial charge is 0.305 e. The first-order valence-corrected chi connectivity index (χ1v) is 12.1. The van der Waals surface area contributed by atoms with Crippen molar-refractivity contribution in [2.24, 2.45) is 46.3 Å². The van der Waals surface area contributed by atoms with Gasteiger partial charge in [0.15, 0.2) is 0 Å². The van der Waals surface area contributed by atoms with E-state index in [4.69, 9.17) is 4.74 Å². The standard InChI is InChI=1S/C25H42O4/c1-15(5-8-22(28)29-4)18-6-7-19-23-20(10-12-25(18,19)3)24(2)11-9-17(26)13-16(24)14-21(23)27/h15-21,23,26-27H,5-14H2,1-4H3/t15-,16+,17-,18?,19+,20+,21+,23+,24+,25-/m1/s1. The second-order valence-electron chi connectivity index (χ2n) is 11.5. The predicted octanol–water partition coefficient (Wildman–Crippen LogP) is 4.57. The van der Waals surface area contributed by atoms with Gasteiger partial charge in [-0.3, -0.25) is 4.79 Å². The van der Waals surface area contributed by atoms with E-state index in [-0.39, 0.29) is 23.6 Å². The third-order valence-electron chi connectivity index (χ3n) is 10.4. The SMILES string of the molecule is COC(=O)CC[C@@H](C)C1CC[C@H]2[C@@H]3[C@@H](O)C[C@@H]4C[C@H](O)CC[C@]4(C)[C@H]3CC[C@]12C. The molecule has 4 heteroatoms. The average molecular weight is 407 g/mol. The van der Waals surface area contributed by atoms with Crippen LogP contribution in [0.1, 0.15) is 85.0 Å².